The second kappa shape index (κ2) is 5.96. The Balaban J connectivity index is 2.26. The number of hydrogen-bond acceptors (Lipinski definition) is 6. The number of methoxy groups -OCH3 is 1. The molecule has 20 heavy (non-hydrogen) atoms. The van der Waals surface area contributed by atoms with Crippen LogP contribution in [0.3, 0.4) is 0 Å². The van der Waals surface area contributed by atoms with Crippen LogP contribution in [-0.4, -0.2) is 30.8 Å². The summed E-state index contributed by atoms with van der Waals surface area (Å²) in [5.41, 5.74) is 1.40. The number of anilines is 1. The highest BCUT2D eigenvalue weighted by atomic mass is 16.6. The Bertz CT molecular complexity index is 595. The number of nitro groups is 1. The van der Waals surface area contributed by atoms with E-state index in [0.29, 0.717) is 12.1 Å². The summed E-state index contributed by atoms with van der Waals surface area (Å²) >= 11 is 0. The molecule has 7 heteroatoms. The molecule has 1 heterocycles. The van der Waals surface area contributed by atoms with Crippen LogP contribution in [-0.2, 0) is 9.53 Å². The smallest absolute Gasteiger partial charge is 0.307 e. The minimum Gasteiger partial charge on any atom is -0.469 e. The molecule has 0 bridgehead atoms. The summed E-state index contributed by atoms with van der Waals surface area (Å²) in [6, 6.07) is 4.53. The Morgan fingerprint density at radius 2 is 2.30 bits per heavy atom. The number of carbonyl (C=O) groups excluding carboxylic acids is 1. The molecule has 0 amide bonds. The zero-order valence-electron chi connectivity index (χ0n) is 10.9. The van der Waals surface area contributed by atoms with Crippen molar-refractivity contribution in [3.63, 3.8) is 0 Å². The maximum atomic E-state index is 11.2. The van der Waals surface area contributed by atoms with Gasteiger partial charge in [-0.25, -0.2) is 0 Å². The van der Waals surface area contributed by atoms with Crippen LogP contribution in [0.1, 0.15) is 12.0 Å². The lowest BCUT2D eigenvalue weighted by atomic mass is 10.1. The predicted octanol–water partition coefficient (Wildman–Crippen LogP) is 1.87. The Morgan fingerprint density at radius 1 is 1.50 bits per heavy atom. The van der Waals surface area contributed by atoms with Crippen LogP contribution in [0.25, 0.3) is 0 Å². The first kappa shape index (κ1) is 13.7. The van der Waals surface area contributed by atoms with Crippen molar-refractivity contribution in [2.24, 2.45) is 4.99 Å². The Labute approximate surface area is 115 Å². The molecule has 0 aromatic heterocycles. The third kappa shape index (κ3) is 3.00. The molecule has 0 fully saturated rings. The average Bonchev–Trinajstić information content (AvgIpc) is 2.66. The van der Waals surface area contributed by atoms with E-state index in [-0.39, 0.29) is 18.1 Å². The largest absolute Gasteiger partial charge is 0.469 e. The molecule has 0 unspecified atom stereocenters. The molecule has 0 aliphatic carbocycles. The van der Waals surface area contributed by atoms with Crippen LogP contribution < -0.4 is 4.90 Å². The number of fused-ring (bicyclic) bond motifs is 1. The Kier molecular flexibility index (Phi) is 4.09. The lowest BCUT2D eigenvalue weighted by Gasteiger charge is -2.20. The van der Waals surface area contributed by atoms with Crippen molar-refractivity contribution in [2.75, 3.05) is 18.6 Å². The number of hydrogen-bond donors (Lipinski definition) is 0. The fraction of sp³-hybridized carbons (Fsp3) is 0.231. The number of aliphatic imine (C=N–C) groups is 1. The molecule has 0 spiro atoms. The quantitative estimate of drug-likeness (QED) is 0.475. The fourth-order valence-electron chi connectivity index (χ4n) is 1.85. The van der Waals surface area contributed by atoms with Crippen molar-refractivity contribution in [2.45, 2.75) is 6.42 Å². The van der Waals surface area contributed by atoms with Gasteiger partial charge in [-0.2, -0.15) is 0 Å². The second-order valence-corrected chi connectivity index (χ2v) is 4.10. The summed E-state index contributed by atoms with van der Waals surface area (Å²) in [7, 11) is 1.33. The van der Waals surface area contributed by atoms with Crippen molar-refractivity contribution < 1.29 is 14.5 Å². The summed E-state index contributed by atoms with van der Waals surface area (Å²) in [6.45, 7) is 0.414. The van der Waals surface area contributed by atoms with E-state index in [9.17, 15) is 14.9 Å². The van der Waals surface area contributed by atoms with Gasteiger partial charge in [0.05, 0.1) is 24.1 Å². The standard InChI is InChI=1S/C13H13N3O4/c1-20-13(17)4-6-15-7-5-14-9-10-8-11(16(18)19)2-3-12(10)15/h2-3,5,7-9H,4,6H2,1H3. The number of benzene rings is 1. The van der Waals surface area contributed by atoms with Gasteiger partial charge < -0.3 is 9.64 Å². The molecule has 1 aliphatic heterocycles. The third-order valence-corrected chi connectivity index (χ3v) is 2.86. The lowest BCUT2D eigenvalue weighted by molar-refractivity contribution is -0.384. The Morgan fingerprint density at radius 3 is 3.00 bits per heavy atom. The highest BCUT2D eigenvalue weighted by Crippen LogP contribution is 2.26. The minimum absolute atomic E-state index is 0.00465. The number of nitrogens with zero attached hydrogens (tertiary/aromatic N) is 3. The van der Waals surface area contributed by atoms with Crippen LogP contribution in [0.4, 0.5) is 11.4 Å². The van der Waals surface area contributed by atoms with Gasteiger partial charge in [-0.15, -0.1) is 0 Å². The van der Waals surface area contributed by atoms with Crippen molar-refractivity contribution in [1.29, 1.82) is 0 Å². The molecule has 104 valence electrons. The molecular weight excluding hydrogens is 262 g/mol. The SMILES string of the molecule is COC(=O)CCN1C=CN=Cc2cc([N+](=O)[O-])ccc21. The maximum absolute atomic E-state index is 11.2. The van der Waals surface area contributed by atoms with Crippen molar-refractivity contribution in [3.8, 4) is 0 Å². The Hall–Kier alpha value is -2.70. The zero-order valence-corrected chi connectivity index (χ0v) is 10.9. The summed E-state index contributed by atoms with van der Waals surface area (Å²) in [4.78, 5) is 27.4. The van der Waals surface area contributed by atoms with E-state index in [2.05, 4.69) is 9.73 Å². The van der Waals surface area contributed by atoms with Gasteiger partial charge in [0, 0.05) is 42.9 Å². The molecule has 7 nitrogen and oxygen atoms in total. The number of non-ortho nitro benzene ring substituents is 1. The monoisotopic (exact) mass is 275 g/mol. The van der Waals surface area contributed by atoms with Gasteiger partial charge in [0.2, 0.25) is 0 Å². The van der Waals surface area contributed by atoms with Gasteiger partial charge in [0.15, 0.2) is 0 Å². The topological polar surface area (TPSA) is 85.0 Å². The molecule has 0 N–H and O–H groups in total. The van der Waals surface area contributed by atoms with E-state index in [4.69, 9.17) is 0 Å². The normalized spacial score (nSPS) is 12.8. The molecule has 1 aromatic rings. The highest BCUT2D eigenvalue weighted by Gasteiger charge is 2.15. The van der Waals surface area contributed by atoms with Gasteiger partial charge in [0.25, 0.3) is 5.69 Å². The van der Waals surface area contributed by atoms with Crippen LogP contribution in [0.5, 0.6) is 0 Å². The first-order chi connectivity index (χ1) is 9.61. The van der Waals surface area contributed by atoms with Gasteiger partial charge in [-0.05, 0) is 6.07 Å². The van der Waals surface area contributed by atoms with E-state index in [1.54, 1.807) is 24.7 Å². The molecule has 0 saturated heterocycles. The van der Waals surface area contributed by atoms with E-state index in [1.807, 2.05) is 4.90 Å². The third-order valence-electron chi connectivity index (χ3n) is 2.86. The number of carbonyl (C=O) groups is 1. The molecule has 1 aromatic carbocycles. The summed E-state index contributed by atoms with van der Waals surface area (Å²) in [5.74, 6) is -0.313. The number of nitro benzene ring substituents is 1. The van der Waals surface area contributed by atoms with E-state index < -0.39 is 4.92 Å². The summed E-state index contributed by atoms with van der Waals surface area (Å²) in [5, 5.41) is 10.8. The van der Waals surface area contributed by atoms with Crippen LogP contribution >= 0.6 is 0 Å². The van der Waals surface area contributed by atoms with Crippen molar-refractivity contribution in [1.82, 2.24) is 0 Å². The van der Waals surface area contributed by atoms with Gasteiger partial charge in [-0.3, -0.25) is 19.9 Å². The molecule has 0 saturated carbocycles. The molecular formula is C13H13N3O4. The van der Waals surface area contributed by atoms with Crippen LogP contribution in [0.2, 0.25) is 0 Å². The predicted molar refractivity (Wildman–Crippen MR) is 73.8 cm³/mol. The summed E-state index contributed by atoms with van der Waals surface area (Å²) < 4.78 is 4.60. The van der Waals surface area contributed by atoms with Gasteiger partial charge >= 0.3 is 5.97 Å². The van der Waals surface area contributed by atoms with E-state index >= 15 is 0 Å². The van der Waals surface area contributed by atoms with E-state index in [1.165, 1.54) is 19.2 Å². The second-order valence-electron chi connectivity index (χ2n) is 4.10. The molecule has 0 radical (unpaired) electrons. The van der Waals surface area contributed by atoms with E-state index in [0.717, 1.165) is 5.69 Å². The van der Waals surface area contributed by atoms with Gasteiger partial charge in [0.1, 0.15) is 0 Å². The van der Waals surface area contributed by atoms with Crippen LogP contribution in [0.15, 0.2) is 35.6 Å². The van der Waals surface area contributed by atoms with Crippen molar-refractivity contribution in [3.05, 3.63) is 46.3 Å². The first-order valence-electron chi connectivity index (χ1n) is 5.93. The van der Waals surface area contributed by atoms with Crippen molar-refractivity contribution >= 4 is 23.6 Å². The number of rotatable bonds is 4. The maximum Gasteiger partial charge on any atom is 0.307 e. The number of esters is 1. The highest BCUT2D eigenvalue weighted by molar-refractivity contribution is 5.90. The minimum atomic E-state index is -0.453. The van der Waals surface area contributed by atoms with Gasteiger partial charge in [-0.1, -0.05) is 0 Å². The number of ether oxygens (including phenoxy) is 1. The summed E-state index contributed by atoms with van der Waals surface area (Å²) in [6.07, 6.45) is 5.06. The molecule has 0 atom stereocenters. The first-order valence-corrected chi connectivity index (χ1v) is 5.93. The average molecular weight is 275 g/mol. The fourth-order valence-corrected chi connectivity index (χ4v) is 1.85. The zero-order chi connectivity index (χ0) is 14.5. The molecule has 2 rings (SSSR count). The van der Waals surface area contributed by atoms with Crippen LogP contribution in [0, 0.1) is 10.1 Å². The molecule has 1 aliphatic rings. The lowest BCUT2D eigenvalue weighted by Crippen LogP contribution is -2.21.